The molecule has 4 rings (SSSR count). The van der Waals surface area contributed by atoms with Crippen molar-refractivity contribution in [3.05, 3.63) is 58.6 Å². The Morgan fingerprint density at radius 3 is 2.56 bits per heavy atom. The van der Waals surface area contributed by atoms with Gasteiger partial charge in [0.2, 0.25) is 0 Å². The maximum atomic E-state index is 12.5. The van der Waals surface area contributed by atoms with Crippen LogP contribution in [-0.2, 0) is 11.8 Å². The van der Waals surface area contributed by atoms with Crippen LogP contribution >= 0.6 is 0 Å². The minimum Gasteiger partial charge on any atom is -0.378 e. The van der Waals surface area contributed by atoms with Crippen molar-refractivity contribution in [2.24, 2.45) is 7.05 Å². The van der Waals surface area contributed by atoms with Gasteiger partial charge in [0.15, 0.2) is 0 Å². The van der Waals surface area contributed by atoms with Crippen LogP contribution in [0, 0.1) is 0 Å². The number of hydrogen-bond donors (Lipinski definition) is 1. The summed E-state index contributed by atoms with van der Waals surface area (Å²) in [6.07, 6.45) is 3.60. The van der Waals surface area contributed by atoms with Crippen LogP contribution in [0.3, 0.4) is 0 Å². The van der Waals surface area contributed by atoms with Gasteiger partial charge in [-0.3, -0.25) is 9.59 Å². The lowest BCUT2D eigenvalue weighted by Gasteiger charge is -2.26. The van der Waals surface area contributed by atoms with Gasteiger partial charge in [-0.2, -0.15) is 0 Å². The first-order chi connectivity index (χ1) is 12.1. The maximum Gasteiger partial charge on any atom is 0.274 e. The smallest absolute Gasteiger partial charge is 0.274 e. The summed E-state index contributed by atoms with van der Waals surface area (Å²) in [6, 6.07) is 9.45. The average molecular weight is 337 g/mol. The highest BCUT2D eigenvalue weighted by molar-refractivity contribution is 5.97. The largest absolute Gasteiger partial charge is 0.378 e. The number of aryl methyl sites for hydroxylation is 1. The molecule has 1 aliphatic heterocycles. The zero-order valence-corrected chi connectivity index (χ0v) is 14.0. The van der Waals surface area contributed by atoms with E-state index in [0.29, 0.717) is 37.4 Å². The predicted molar refractivity (Wildman–Crippen MR) is 95.7 cm³/mol. The van der Waals surface area contributed by atoms with Gasteiger partial charge < -0.3 is 19.2 Å². The first kappa shape index (κ1) is 15.7. The monoisotopic (exact) mass is 337 g/mol. The van der Waals surface area contributed by atoms with Gasteiger partial charge in [-0.1, -0.05) is 12.1 Å². The van der Waals surface area contributed by atoms with E-state index in [1.54, 1.807) is 17.8 Å². The van der Waals surface area contributed by atoms with Crippen molar-refractivity contribution >= 4 is 16.8 Å². The Bertz CT molecular complexity index is 979. The van der Waals surface area contributed by atoms with Crippen LogP contribution in [0.25, 0.3) is 22.0 Å². The summed E-state index contributed by atoms with van der Waals surface area (Å²) in [4.78, 5) is 29.5. The molecular weight excluding hydrogens is 318 g/mol. The minimum absolute atomic E-state index is 0.0297. The second-order valence-corrected chi connectivity index (χ2v) is 6.21. The Morgan fingerprint density at radius 1 is 1.12 bits per heavy atom. The quantitative estimate of drug-likeness (QED) is 0.778. The summed E-state index contributed by atoms with van der Waals surface area (Å²) < 4.78 is 6.86. The SMILES string of the molecule is Cn1cc(-c2ccc(C(=O)N3CCOCC3)cc2)c2cc[nH]c2c1=O. The molecule has 1 N–H and O–H groups in total. The number of pyridine rings is 1. The summed E-state index contributed by atoms with van der Waals surface area (Å²) in [7, 11) is 1.74. The Labute approximate surface area is 144 Å². The van der Waals surface area contributed by atoms with E-state index in [1.165, 1.54) is 0 Å². The van der Waals surface area contributed by atoms with Gasteiger partial charge >= 0.3 is 0 Å². The molecule has 3 aromatic rings. The number of morpholine rings is 1. The number of benzene rings is 1. The second-order valence-electron chi connectivity index (χ2n) is 6.21. The fraction of sp³-hybridized carbons (Fsp3) is 0.263. The zero-order valence-electron chi connectivity index (χ0n) is 14.0. The second kappa shape index (κ2) is 6.22. The van der Waals surface area contributed by atoms with Crippen molar-refractivity contribution in [1.82, 2.24) is 14.5 Å². The van der Waals surface area contributed by atoms with E-state index >= 15 is 0 Å². The molecule has 6 heteroatoms. The topological polar surface area (TPSA) is 67.3 Å². The van der Waals surface area contributed by atoms with Gasteiger partial charge in [0.05, 0.1) is 13.2 Å². The number of carbonyl (C=O) groups excluding carboxylic acids is 1. The van der Waals surface area contributed by atoms with Crippen LogP contribution < -0.4 is 5.56 Å². The highest BCUT2D eigenvalue weighted by atomic mass is 16.5. The lowest BCUT2D eigenvalue weighted by molar-refractivity contribution is 0.0303. The molecule has 0 saturated carbocycles. The summed E-state index contributed by atoms with van der Waals surface area (Å²) >= 11 is 0. The van der Waals surface area contributed by atoms with E-state index in [2.05, 4.69) is 4.98 Å². The molecule has 1 aliphatic rings. The number of H-pyrrole nitrogens is 1. The number of amides is 1. The number of hydrogen-bond acceptors (Lipinski definition) is 3. The third-order valence-corrected chi connectivity index (χ3v) is 4.64. The molecule has 0 radical (unpaired) electrons. The first-order valence-electron chi connectivity index (χ1n) is 8.29. The van der Waals surface area contributed by atoms with Gasteiger partial charge in [-0.15, -0.1) is 0 Å². The normalized spacial score (nSPS) is 14.8. The number of fused-ring (bicyclic) bond motifs is 1. The van der Waals surface area contributed by atoms with E-state index in [9.17, 15) is 9.59 Å². The van der Waals surface area contributed by atoms with E-state index < -0.39 is 0 Å². The first-order valence-corrected chi connectivity index (χ1v) is 8.29. The Kier molecular flexibility index (Phi) is 3.89. The van der Waals surface area contributed by atoms with Crippen molar-refractivity contribution in [2.45, 2.75) is 0 Å². The fourth-order valence-corrected chi connectivity index (χ4v) is 3.24. The van der Waals surface area contributed by atoms with E-state index in [4.69, 9.17) is 4.74 Å². The summed E-state index contributed by atoms with van der Waals surface area (Å²) in [6.45, 7) is 2.44. The molecule has 1 fully saturated rings. The van der Waals surface area contributed by atoms with Crippen LogP contribution in [0.15, 0.2) is 47.5 Å². The van der Waals surface area contributed by atoms with Gasteiger partial charge in [-0.25, -0.2) is 0 Å². The molecule has 1 amide bonds. The van der Waals surface area contributed by atoms with E-state index in [-0.39, 0.29) is 11.5 Å². The number of aromatic amines is 1. The average Bonchev–Trinajstić information content (AvgIpc) is 3.15. The van der Waals surface area contributed by atoms with Crippen LogP contribution in [0.4, 0.5) is 0 Å². The van der Waals surface area contributed by atoms with Crippen molar-refractivity contribution in [1.29, 1.82) is 0 Å². The molecule has 25 heavy (non-hydrogen) atoms. The summed E-state index contributed by atoms with van der Waals surface area (Å²) in [5.41, 5.74) is 3.14. The third kappa shape index (κ3) is 2.74. The highest BCUT2D eigenvalue weighted by Gasteiger charge is 2.18. The minimum atomic E-state index is -0.0529. The molecule has 1 saturated heterocycles. The lowest BCUT2D eigenvalue weighted by atomic mass is 10.0. The summed E-state index contributed by atoms with van der Waals surface area (Å²) in [5.74, 6) is 0.0297. The fourth-order valence-electron chi connectivity index (χ4n) is 3.24. The Hall–Kier alpha value is -2.86. The number of ether oxygens (including phenoxy) is 1. The number of nitrogens with zero attached hydrogens (tertiary/aromatic N) is 2. The van der Waals surface area contributed by atoms with Crippen LogP contribution in [0.2, 0.25) is 0 Å². The Morgan fingerprint density at radius 2 is 1.84 bits per heavy atom. The van der Waals surface area contributed by atoms with E-state index in [1.807, 2.05) is 41.4 Å². The molecule has 0 atom stereocenters. The van der Waals surface area contributed by atoms with E-state index in [0.717, 1.165) is 16.5 Å². The molecule has 0 unspecified atom stereocenters. The molecule has 3 heterocycles. The molecular formula is C19H19N3O3. The van der Waals surface area contributed by atoms with Crippen molar-refractivity contribution in [3.8, 4) is 11.1 Å². The molecule has 128 valence electrons. The third-order valence-electron chi connectivity index (χ3n) is 4.64. The molecule has 1 aromatic carbocycles. The lowest BCUT2D eigenvalue weighted by Crippen LogP contribution is -2.40. The Balaban J connectivity index is 1.69. The van der Waals surface area contributed by atoms with Gasteiger partial charge in [0.1, 0.15) is 5.52 Å². The molecule has 0 aliphatic carbocycles. The van der Waals surface area contributed by atoms with Crippen LogP contribution in [0.1, 0.15) is 10.4 Å². The predicted octanol–water partition coefficient (Wildman–Crippen LogP) is 2.01. The van der Waals surface area contributed by atoms with Gasteiger partial charge in [0, 0.05) is 49.0 Å². The molecule has 2 aromatic heterocycles. The zero-order chi connectivity index (χ0) is 17.4. The van der Waals surface area contributed by atoms with Crippen LogP contribution in [0.5, 0.6) is 0 Å². The number of carbonyl (C=O) groups is 1. The van der Waals surface area contributed by atoms with Crippen LogP contribution in [-0.4, -0.2) is 46.7 Å². The van der Waals surface area contributed by atoms with Crippen molar-refractivity contribution in [2.75, 3.05) is 26.3 Å². The molecule has 0 bridgehead atoms. The number of aromatic nitrogens is 2. The van der Waals surface area contributed by atoms with Crippen molar-refractivity contribution < 1.29 is 9.53 Å². The maximum absolute atomic E-state index is 12.5. The standard InChI is InChI=1S/C19H19N3O3/c1-21-12-16(15-6-7-20-17(15)19(21)24)13-2-4-14(5-3-13)18(23)22-8-10-25-11-9-22/h2-7,12,20H,8-11H2,1H3. The molecule has 6 nitrogen and oxygen atoms in total. The number of nitrogens with one attached hydrogen (secondary N) is 1. The summed E-state index contributed by atoms with van der Waals surface area (Å²) in [5, 5.41) is 0.885. The highest BCUT2D eigenvalue weighted by Crippen LogP contribution is 2.26. The number of rotatable bonds is 2. The molecule has 0 spiro atoms. The van der Waals surface area contributed by atoms with Gasteiger partial charge in [0.25, 0.3) is 11.5 Å². The van der Waals surface area contributed by atoms with Gasteiger partial charge in [-0.05, 0) is 23.8 Å². The van der Waals surface area contributed by atoms with Crippen molar-refractivity contribution in [3.63, 3.8) is 0 Å².